The van der Waals surface area contributed by atoms with Crippen LogP contribution in [0.2, 0.25) is 0 Å². The zero-order valence-electron chi connectivity index (χ0n) is 15.5. The van der Waals surface area contributed by atoms with E-state index in [1.807, 2.05) is 12.1 Å². The highest BCUT2D eigenvalue weighted by molar-refractivity contribution is 5.97. The molecule has 130 valence electrons. The molecule has 1 heterocycles. The molecule has 3 aromatic rings. The summed E-state index contributed by atoms with van der Waals surface area (Å²) in [6.07, 6.45) is 0. The van der Waals surface area contributed by atoms with Crippen LogP contribution in [0.15, 0.2) is 77.8 Å². The van der Waals surface area contributed by atoms with E-state index in [-0.39, 0.29) is 0 Å². The molecule has 1 aliphatic rings. The highest BCUT2D eigenvalue weighted by atomic mass is 16.5. The fourth-order valence-electron chi connectivity index (χ4n) is 3.48. The first-order chi connectivity index (χ1) is 12.6. The van der Waals surface area contributed by atoms with Gasteiger partial charge in [0.05, 0.1) is 6.54 Å². The minimum absolute atomic E-state index is 0.570. The third-order valence-corrected chi connectivity index (χ3v) is 5.13. The molecule has 0 aromatic heterocycles. The van der Waals surface area contributed by atoms with Crippen molar-refractivity contribution in [2.24, 2.45) is 4.99 Å². The lowest BCUT2D eigenvalue weighted by Crippen LogP contribution is -2.32. The molecule has 2 heteroatoms. The molecule has 0 saturated heterocycles. The summed E-state index contributed by atoms with van der Waals surface area (Å²) in [5, 5.41) is 0. The van der Waals surface area contributed by atoms with Crippen LogP contribution in [0.1, 0.15) is 33.4 Å². The predicted octanol–water partition coefficient (Wildman–Crippen LogP) is 5.33. The largest absolute Gasteiger partial charge is 0.459 e. The zero-order chi connectivity index (χ0) is 18.1. The molecule has 1 aliphatic heterocycles. The SMILES string of the molecule is Cc1ccc(C2(c3ccc(C)cc3)CN=C(c3ccccc3C)O2)cc1. The maximum Gasteiger partial charge on any atom is 0.217 e. The second kappa shape index (κ2) is 6.45. The molecule has 3 aromatic carbocycles. The lowest BCUT2D eigenvalue weighted by Gasteiger charge is -2.30. The highest BCUT2D eigenvalue weighted by Crippen LogP contribution is 2.39. The van der Waals surface area contributed by atoms with E-state index >= 15 is 0 Å². The molecule has 0 bridgehead atoms. The van der Waals surface area contributed by atoms with Crippen molar-refractivity contribution < 1.29 is 4.74 Å². The zero-order valence-corrected chi connectivity index (χ0v) is 15.5. The van der Waals surface area contributed by atoms with Gasteiger partial charge in [0.2, 0.25) is 5.90 Å². The van der Waals surface area contributed by atoms with Gasteiger partial charge in [0.1, 0.15) is 0 Å². The van der Waals surface area contributed by atoms with Gasteiger partial charge in [-0.1, -0.05) is 77.9 Å². The minimum atomic E-state index is -0.570. The van der Waals surface area contributed by atoms with Crippen LogP contribution in [-0.2, 0) is 10.3 Å². The second-order valence-corrected chi connectivity index (χ2v) is 7.10. The van der Waals surface area contributed by atoms with Gasteiger partial charge in [-0.15, -0.1) is 0 Å². The first kappa shape index (κ1) is 16.6. The summed E-state index contributed by atoms with van der Waals surface area (Å²) in [7, 11) is 0. The number of nitrogens with zero attached hydrogens (tertiary/aromatic N) is 1. The number of hydrogen-bond donors (Lipinski definition) is 0. The van der Waals surface area contributed by atoms with E-state index in [4.69, 9.17) is 9.73 Å². The Balaban J connectivity index is 1.80. The van der Waals surface area contributed by atoms with Gasteiger partial charge in [0.15, 0.2) is 5.60 Å². The van der Waals surface area contributed by atoms with Crippen molar-refractivity contribution in [2.75, 3.05) is 6.54 Å². The Kier molecular flexibility index (Phi) is 4.12. The van der Waals surface area contributed by atoms with E-state index in [2.05, 4.69) is 81.4 Å². The summed E-state index contributed by atoms with van der Waals surface area (Å²) < 4.78 is 6.62. The van der Waals surface area contributed by atoms with E-state index in [9.17, 15) is 0 Å². The molecule has 0 atom stereocenters. The number of hydrogen-bond acceptors (Lipinski definition) is 2. The van der Waals surface area contributed by atoms with Gasteiger partial charge in [-0.3, -0.25) is 0 Å². The molecule has 0 fully saturated rings. The van der Waals surface area contributed by atoms with Gasteiger partial charge >= 0.3 is 0 Å². The van der Waals surface area contributed by atoms with Crippen molar-refractivity contribution in [3.05, 3.63) is 106 Å². The summed E-state index contributed by atoms with van der Waals surface area (Å²) >= 11 is 0. The maximum absolute atomic E-state index is 6.62. The van der Waals surface area contributed by atoms with Crippen LogP contribution in [0.4, 0.5) is 0 Å². The van der Waals surface area contributed by atoms with Crippen LogP contribution in [0.25, 0.3) is 0 Å². The van der Waals surface area contributed by atoms with Gasteiger partial charge in [-0.2, -0.15) is 0 Å². The third kappa shape index (κ3) is 2.82. The van der Waals surface area contributed by atoms with Crippen molar-refractivity contribution in [1.82, 2.24) is 0 Å². The summed E-state index contributed by atoms with van der Waals surface area (Å²) in [6, 6.07) is 25.4. The van der Waals surface area contributed by atoms with Crippen molar-refractivity contribution >= 4 is 5.90 Å². The second-order valence-electron chi connectivity index (χ2n) is 7.10. The number of ether oxygens (including phenoxy) is 1. The molecule has 2 nitrogen and oxygen atoms in total. The Hall–Kier alpha value is -2.87. The van der Waals surface area contributed by atoms with Crippen LogP contribution in [-0.4, -0.2) is 12.4 Å². The molecule has 0 saturated carbocycles. The maximum atomic E-state index is 6.62. The molecule has 0 amide bonds. The molecule has 26 heavy (non-hydrogen) atoms. The van der Waals surface area contributed by atoms with E-state index in [1.54, 1.807) is 0 Å². The Bertz CT molecular complexity index is 907. The van der Waals surface area contributed by atoms with Crippen molar-refractivity contribution in [2.45, 2.75) is 26.4 Å². The van der Waals surface area contributed by atoms with Gasteiger partial charge in [-0.25, -0.2) is 4.99 Å². The third-order valence-electron chi connectivity index (χ3n) is 5.13. The predicted molar refractivity (Wildman–Crippen MR) is 107 cm³/mol. The van der Waals surface area contributed by atoms with Crippen molar-refractivity contribution in [3.63, 3.8) is 0 Å². The van der Waals surface area contributed by atoms with Gasteiger partial charge in [-0.05, 0) is 32.4 Å². The summed E-state index contributed by atoms with van der Waals surface area (Å²) in [5.41, 5.74) is 6.43. The minimum Gasteiger partial charge on any atom is -0.459 e. The van der Waals surface area contributed by atoms with Crippen LogP contribution >= 0.6 is 0 Å². The van der Waals surface area contributed by atoms with Crippen molar-refractivity contribution in [1.29, 1.82) is 0 Å². The van der Waals surface area contributed by atoms with Gasteiger partial charge in [0.25, 0.3) is 0 Å². The quantitative estimate of drug-likeness (QED) is 0.631. The Morgan fingerprint density at radius 3 is 1.81 bits per heavy atom. The van der Waals surface area contributed by atoms with E-state index in [0.717, 1.165) is 22.6 Å². The number of rotatable bonds is 3. The Morgan fingerprint density at radius 2 is 1.27 bits per heavy atom. The molecule has 0 aliphatic carbocycles. The molecule has 0 unspecified atom stereocenters. The highest BCUT2D eigenvalue weighted by Gasteiger charge is 2.42. The van der Waals surface area contributed by atoms with Crippen LogP contribution in [0.3, 0.4) is 0 Å². The summed E-state index contributed by atoms with van der Waals surface area (Å²) in [4.78, 5) is 4.81. The number of aryl methyl sites for hydroxylation is 3. The lowest BCUT2D eigenvalue weighted by molar-refractivity contribution is 0.132. The fraction of sp³-hybridized carbons (Fsp3) is 0.208. The first-order valence-corrected chi connectivity index (χ1v) is 9.02. The average Bonchev–Trinajstić information content (AvgIpc) is 3.09. The first-order valence-electron chi connectivity index (χ1n) is 9.02. The molecule has 0 radical (unpaired) electrons. The average molecular weight is 341 g/mol. The normalized spacial score (nSPS) is 15.4. The molecule has 0 spiro atoms. The van der Waals surface area contributed by atoms with Gasteiger partial charge < -0.3 is 4.74 Å². The smallest absolute Gasteiger partial charge is 0.217 e. The summed E-state index contributed by atoms with van der Waals surface area (Å²) in [5.74, 6) is 0.726. The van der Waals surface area contributed by atoms with E-state index in [0.29, 0.717) is 6.54 Å². The van der Waals surface area contributed by atoms with Gasteiger partial charge in [0, 0.05) is 16.7 Å². The molecule has 4 rings (SSSR count). The number of benzene rings is 3. The standard InChI is InChI=1S/C24H23NO/c1-17-8-12-20(13-9-17)24(21-14-10-18(2)11-15-21)16-25-23(26-24)22-7-5-4-6-19(22)3/h4-15H,16H2,1-3H3. The Labute approximate surface area is 155 Å². The molecular weight excluding hydrogens is 318 g/mol. The number of aliphatic imine (C=N–C) groups is 1. The lowest BCUT2D eigenvalue weighted by atomic mass is 9.85. The van der Waals surface area contributed by atoms with Crippen LogP contribution in [0.5, 0.6) is 0 Å². The molecular formula is C24H23NO. The fourth-order valence-corrected chi connectivity index (χ4v) is 3.48. The van der Waals surface area contributed by atoms with E-state index in [1.165, 1.54) is 16.7 Å². The molecule has 0 N–H and O–H groups in total. The Morgan fingerprint density at radius 1 is 0.731 bits per heavy atom. The van der Waals surface area contributed by atoms with E-state index < -0.39 is 5.60 Å². The van der Waals surface area contributed by atoms with Crippen LogP contribution in [0, 0.1) is 20.8 Å². The summed E-state index contributed by atoms with van der Waals surface area (Å²) in [6.45, 7) is 6.89. The van der Waals surface area contributed by atoms with Crippen LogP contribution < -0.4 is 0 Å². The topological polar surface area (TPSA) is 21.6 Å². The van der Waals surface area contributed by atoms with Crippen molar-refractivity contribution in [3.8, 4) is 0 Å². The monoisotopic (exact) mass is 341 g/mol.